The van der Waals surface area contributed by atoms with Crippen LogP contribution in [0.4, 0.5) is 0 Å². The van der Waals surface area contributed by atoms with Gasteiger partial charge in [-0.2, -0.15) is 0 Å². The Kier molecular flexibility index (Phi) is 4.71. The second kappa shape index (κ2) is 6.20. The van der Waals surface area contributed by atoms with Crippen LogP contribution in [0.5, 0.6) is 0 Å². The number of hydrogen-bond donors (Lipinski definition) is 0. The molecule has 3 heterocycles. The van der Waals surface area contributed by atoms with Crippen molar-refractivity contribution in [3.05, 3.63) is 7.91 Å². The molecule has 8 heteroatoms. The van der Waals surface area contributed by atoms with E-state index in [1.54, 1.807) is 22.7 Å². The van der Waals surface area contributed by atoms with E-state index < -0.39 is 0 Å². The number of nitrogens with zero attached hydrogens (tertiary/aromatic N) is 2. The fourth-order valence-corrected chi connectivity index (χ4v) is 9.20. The van der Waals surface area contributed by atoms with Gasteiger partial charge in [0.1, 0.15) is 0 Å². The van der Waals surface area contributed by atoms with E-state index in [0.29, 0.717) is 0 Å². The van der Waals surface area contributed by atoms with Crippen molar-refractivity contribution in [1.29, 1.82) is 0 Å². The average molecular weight is 376 g/mol. The van der Waals surface area contributed by atoms with Crippen LogP contribution < -0.4 is 0 Å². The Morgan fingerprint density at radius 1 is 0.850 bits per heavy atom. The van der Waals surface area contributed by atoms with Gasteiger partial charge < -0.3 is 9.13 Å². The summed E-state index contributed by atoms with van der Waals surface area (Å²) in [6.07, 6.45) is 2.26. The lowest BCUT2D eigenvalue weighted by atomic mass is 10.5. The summed E-state index contributed by atoms with van der Waals surface area (Å²) in [5, 5.41) is 2.80. The van der Waals surface area contributed by atoms with Gasteiger partial charge in [-0.1, -0.05) is 36.5 Å². The molecule has 0 radical (unpaired) electrons. The van der Waals surface area contributed by atoms with Crippen LogP contribution in [0.3, 0.4) is 0 Å². The standard InChI is InChI=1S/C12H14N2P2S4/c1-3-5-13-7-9(19-11(13)17)16-8-10(15-7)20-12(18)14(8)6-4-2/h3-6H2,1-2H3. The second-order valence-corrected chi connectivity index (χ2v) is 10.6. The molecule has 0 amide bonds. The highest BCUT2D eigenvalue weighted by atomic mass is 32.2. The molecule has 0 aliphatic rings. The van der Waals surface area contributed by atoms with Crippen LogP contribution in [0, 0.1) is 7.91 Å². The summed E-state index contributed by atoms with van der Waals surface area (Å²) < 4.78 is 9.50. The third kappa shape index (κ3) is 2.55. The molecule has 0 aliphatic carbocycles. The zero-order chi connectivity index (χ0) is 14.3. The van der Waals surface area contributed by atoms with Crippen LogP contribution in [-0.2, 0) is 13.1 Å². The van der Waals surface area contributed by atoms with Gasteiger partial charge in [-0.25, -0.2) is 0 Å². The number of aryl methyl sites for hydroxylation is 2. The van der Waals surface area contributed by atoms with Crippen molar-refractivity contribution < 1.29 is 0 Å². The van der Waals surface area contributed by atoms with Gasteiger partial charge >= 0.3 is 0 Å². The Balaban J connectivity index is 2.34. The van der Waals surface area contributed by atoms with Gasteiger partial charge in [0.2, 0.25) is 0 Å². The molecule has 0 saturated carbocycles. The summed E-state index contributed by atoms with van der Waals surface area (Å²) in [6.45, 7) is 6.47. The minimum atomic E-state index is 1.02. The zero-order valence-electron chi connectivity index (χ0n) is 11.3. The molecule has 3 aromatic rings. The fraction of sp³-hybridized carbons (Fsp3) is 0.500. The molecule has 0 N–H and O–H groups in total. The van der Waals surface area contributed by atoms with E-state index in [1.165, 1.54) is 35.7 Å². The van der Waals surface area contributed by atoms with Gasteiger partial charge in [0.15, 0.2) is 7.91 Å². The van der Waals surface area contributed by atoms with Gasteiger partial charge in [-0.05, 0) is 53.7 Å². The van der Waals surface area contributed by atoms with Crippen molar-refractivity contribution in [3.8, 4) is 0 Å². The second-order valence-electron chi connectivity index (χ2n) is 4.52. The highest BCUT2D eigenvalue weighted by Crippen LogP contribution is 2.45. The fourth-order valence-electron chi connectivity index (χ4n) is 2.17. The van der Waals surface area contributed by atoms with Crippen molar-refractivity contribution in [2.75, 3.05) is 0 Å². The first kappa shape index (κ1) is 15.2. The number of fused-ring (bicyclic) bond motifs is 2. The van der Waals surface area contributed by atoms with E-state index in [1.807, 2.05) is 0 Å². The van der Waals surface area contributed by atoms with Crippen LogP contribution in [0.2, 0.25) is 0 Å². The highest BCUT2D eigenvalue weighted by molar-refractivity contribution is 7.75. The van der Waals surface area contributed by atoms with E-state index in [9.17, 15) is 0 Å². The van der Waals surface area contributed by atoms with Crippen LogP contribution in [-0.4, -0.2) is 9.13 Å². The van der Waals surface area contributed by atoms with Gasteiger partial charge in [-0.3, -0.25) is 0 Å². The molecule has 0 spiro atoms. The number of aromatic nitrogens is 2. The monoisotopic (exact) mass is 376 g/mol. The highest BCUT2D eigenvalue weighted by Gasteiger charge is 2.12. The molecule has 2 nitrogen and oxygen atoms in total. The SMILES string of the molecule is CCCn1c(=S)sc2pc3c(pc21)sc(=S)n3CCC. The first-order valence-electron chi connectivity index (χ1n) is 6.56. The van der Waals surface area contributed by atoms with Gasteiger partial charge in [0.25, 0.3) is 0 Å². The quantitative estimate of drug-likeness (QED) is 0.447. The number of hydrogen-bond acceptors (Lipinski definition) is 4. The summed E-state index contributed by atoms with van der Waals surface area (Å²) in [5.41, 5.74) is 0. The maximum atomic E-state index is 5.53. The van der Waals surface area contributed by atoms with Gasteiger partial charge in [0, 0.05) is 13.1 Å². The molecule has 0 saturated heterocycles. The average Bonchev–Trinajstić information content (AvgIpc) is 2.87. The molecule has 0 fully saturated rings. The molecule has 0 aromatic carbocycles. The topological polar surface area (TPSA) is 9.86 Å². The summed E-state index contributed by atoms with van der Waals surface area (Å²) >= 11 is 14.6. The molecular formula is C12H14N2P2S4. The molecule has 0 bridgehead atoms. The summed E-state index contributed by atoms with van der Waals surface area (Å²) in [7, 11) is 2.59. The van der Waals surface area contributed by atoms with E-state index in [-0.39, 0.29) is 0 Å². The van der Waals surface area contributed by atoms with E-state index in [0.717, 1.165) is 33.8 Å². The lowest BCUT2D eigenvalue weighted by Crippen LogP contribution is -1.94. The smallest absolute Gasteiger partial charge is 0.162 e. The lowest BCUT2D eigenvalue weighted by molar-refractivity contribution is 0.704. The van der Waals surface area contributed by atoms with Crippen molar-refractivity contribution in [1.82, 2.24) is 9.13 Å². The number of thiazole rings is 2. The Hall–Kier alpha value is 0.300. The minimum Gasteiger partial charge on any atom is -0.319 e. The Bertz CT molecular complexity index is 812. The Labute approximate surface area is 139 Å². The Morgan fingerprint density at radius 3 is 1.60 bits per heavy atom. The van der Waals surface area contributed by atoms with E-state index >= 15 is 0 Å². The molecule has 3 aromatic heterocycles. The van der Waals surface area contributed by atoms with E-state index in [4.69, 9.17) is 24.4 Å². The zero-order valence-corrected chi connectivity index (χ0v) is 16.3. The molecule has 0 unspecified atom stereocenters. The van der Waals surface area contributed by atoms with Crippen molar-refractivity contribution >= 4 is 82.9 Å². The van der Waals surface area contributed by atoms with Gasteiger partial charge in [0.05, 0.1) is 19.4 Å². The molecule has 106 valence electrons. The maximum Gasteiger partial charge on any atom is 0.162 e. The van der Waals surface area contributed by atoms with Crippen LogP contribution in [0.1, 0.15) is 26.7 Å². The molecular weight excluding hydrogens is 362 g/mol. The first-order valence-corrected chi connectivity index (χ1v) is 10.8. The van der Waals surface area contributed by atoms with Crippen LogP contribution >= 0.6 is 63.5 Å². The maximum absolute atomic E-state index is 5.53. The lowest BCUT2D eigenvalue weighted by Gasteiger charge is -2.03. The predicted molar refractivity (Wildman–Crippen MR) is 100 cm³/mol. The molecule has 0 atom stereocenters. The van der Waals surface area contributed by atoms with E-state index in [2.05, 4.69) is 23.0 Å². The minimum absolute atomic E-state index is 1.02. The third-order valence-electron chi connectivity index (χ3n) is 3.01. The van der Waals surface area contributed by atoms with Crippen molar-refractivity contribution in [3.63, 3.8) is 0 Å². The third-order valence-corrected chi connectivity index (χ3v) is 9.45. The normalized spacial score (nSPS) is 12.5. The van der Waals surface area contributed by atoms with Crippen LogP contribution in [0.25, 0.3) is 19.4 Å². The molecule has 0 aliphatic heterocycles. The van der Waals surface area contributed by atoms with Crippen molar-refractivity contribution in [2.45, 2.75) is 39.8 Å². The summed E-state index contributed by atoms with van der Waals surface area (Å²) in [4.78, 5) is 0. The van der Waals surface area contributed by atoms with Crippen LogP contribution in [0.15, 0.2) is 0 Å². The molecule has 3 rings (SSSR count). The summed E-state index contributed by atoms with van der Waals surface area (Å²) in [5.74, 6) is 0. The largest absolute Gasteiger partial charge is 0.319 e. The first-order chi connectivity index (χ1) is 9.65. The predicted octanol–water partition coefficient (Wildman–Crippen LogP) is 7.16. The number of rotatable bonds is 4. The summed E-state index contributed by atoms with van der Waals surface area (Å²) in [6, 6.07) is 0. The molecule has 20 heavy (non-hydrogen) atoms. The van der Waals surface area contributed by atoms with Gasteiger partial charge in [-0.15, -0.1) is 0 Å². The van der Waals surface area contributed by atoms with Crippen molar-refractivity contribution in [2.24, 2.45) is 0 Å². The Morgan fingerprint density at radius 2 is 1.25 bits per heavy atom.